The van der Waals surface area contributed by atoms with Crippen LogP contribution < -0.4 is 15.8 Å². The highest BCUT2D eigenvalue weighted by molar-refractivity contribution is 6.07. The third-order valence-corrected chi connectivity index (χ3v) is 11.9. The summed E-state index contributed by atoms with van der Waals surface area (Å²) in [6.07, 6.45) is 13.2. The molecule has 0 bridgehead atoms. The molecule has 2 aliphatic rings. The van der Waals surface area contributed by atoms with Crippen LogP contribution in [0.4, 0.5) is 5.69 Å². The van der Waals surface area contributed by atoms with Gasteiger partial charge in [0.2, 0.25) is 0 Å². The third-order valence-electron chi connectivity index (χ3n) is 11.9. The Bertz CT molecular complexity index is 3400. The van der Waals surface area contributed by atoms with Crippen molar-refractivity contribution in [3.63, 3.8) is 0 Å². The number of carbonyl (C=O) groups excluding carboxylic acids is 1. The van der Waals surface area contributed by atoms with Gasteiger partial charge in [0, 0.05) is 86.9 Å². The van der Waals surface area contributed by atoms with Crippen molar-refractivity contribution in [2.45, 2.75) is 12.5 Å². The molecule has 1 aliphatic heterocycles. The number of para-hydroxylation sites is 2. The smallest absolute Gasteiger partial charge is 0.189 e. The molecule has 3 heterocycles. The normalized spacial score (nSPS) is 14.2. The second-order valence-electron chi connectivity index (χ2n) is 15.2. The Kier molecular flexibility index (Phi) is 9.38. The number of fused-ring (bicyclic) bond motifs is 3. The number of nitrogens with zero attached hydrogens (tertiary/aromatic N) is 6. The van der Waals surface area contributed by atoms with Gasteiger partial charge in [-0.05, 0) is 83.8 Å². The summed E-state index contributed by atoms with van der Waals surface area (Å²) in [5.74, 6) is -0.0205. The minimum Gasteiger partial charge on any atom is -0.340 e. The number of nitriles is 3. The zero-order valence-electron chi connectivity index (χ0n) is 33.4. The molecular formula is C54H32N6O3. The zero-order valence-corrected chi connectivity index (χ0v) is 33.4. The lowest BCUT2D eigenvalue weighted by atomic mass is 9.80. The molecule has 10 rings (SSSR count). The molecule has 1 unspecified atom stereocenters. The number of ketones is 1. The monoisotopic (exact) mass is 812 g/mol. The van der Waals surface area contributed by atoms with E-state index in [1.54, 1.807) is 36.8 Å². The van der Waals surface area contributed by atoms with Crippen LogP contribution in [0, 0.1) is 34.0 Å². The van der Waals surface area contributed by atoms with Crippen LogP contribution in [0.15, 0.2) is 192 Å². The lowest BCUT2D eigenvalue weighted by Gasteiger charge is -2.35. The third kappa shape index (κ3) is 6.35. The number of aromatic nitrogens is 2. The molecule has 8 aromatic rings. The highest BCUT2D eigenvalue weighted by atomic mass is 16.1. The van der Waals surface area contributed by atoms with Gasteiger partial charge in [0.05, 0.1) is 33.8 Å². The molecule has 0 saturated carbocycles. The van der Waals surface area contributed by atoms with Gasteiger partial charge < -0.3 is 14.0 Å². The standard InChI is InChI=1S/C54H32N6O3/c55-31-43-52(34-13-19-37(20-14-34)58-28-25-49(61)40-7-1-4-10-46(40)58)44(32-56)54(36-17-23-39(24-18-36)60-30-27-51(63)42-9-3-6-12-48(42)60)45(33-57)53(43)35-15-21-38(22-16-35)59-29-26-50(62)41-8-2-5-11-47(41)59/h1-11,13-30,48H,12H2. The maximum absolute atomic E-state index is 12.7. The summed E-state index contributed by atoms with van der Waals surface area (Å²) < 4.78 is 3.83. The SMILES string of the molecule is N#Cc1c(-c2ccc(N3C=CC(=O)C4=CC=CCC43)cc2)c(C#N)c(-c2ccc(-n3ccc(=O)c4ccccc43)cc2)c(C#N)c1-c1ccc(-n2ccc(=O)c3ccccc32)cc1. The molecule has 6 aromatic carbocycles. The average Bonchev–Trinajstić information content (AvgIpc) is 3.34. The molecule has 296 valence electrons. The van der Waals surface area contributed by atoms with Crippen molar-refractivity contribution in [2.75, 3.05) is 4.90 Å². The maximum Gasteiger partial charge on any atom is 0.189 e. The first-order valence-corrected chi connectivity index (χ1v) is 20.2. The van der Waals surface area contributed by atoms with Gasteiger partial charge in [0.25, 0.3) is 0 Å². The van der Waals surface area contributed by atoms with E-state index in [-0.39, 0.29) is 39.4 Å². The molecule has 9 heteroatoms. The van der Waals surface area contributed by atoms with Gasteiger partial charge in [-0.1, -0.05) is 78.9 Å². The topological polar surface area (TPSA) is 136 Å². The van der Waals surface area contributed by atoms with Gasteiger partial charge in [-0.25, -0.2) is 0 Å². The maximum atomic E-state index is 12.7. The van der Waals surface area contributed by atoms with Gasteiger partial charge in [0.1, 0.15) is 18.2 Å². The van der Waals surface area contributed by atoms with Crippen LogP contribution in [-0.2, 0) is 4.79 Å². The molecule has 63 heavy (non-hydrogen) atoms. The van der Waals surface area contributed by atoms with Crippen molar-refractivity contribution in [1.29, 1.82) is 15.8 Å². The van der Waals surface area contributed by atoms with Crippen LogP contribution in [0.3, 0.4) is 0 Å². The van der Waals surface area contributed by atoms with E-state index >= 15 is 0 Å². The van der Waals surface area contributed by atoms with E-state index in [4.69, 9.17) is 0 Å². The Balaban J connectivity index is 1.16. The number of benzene rings is 6. The first kappa shape index (κ1) is 38.1. The predicted molar refractivity (Wildman–Crippen MR) is 245 cm³/mol. The van der Waals surface area contributed by atoms with Gasteiger partial charge in [-0.2, -0.15) is 15.8 Å². The van der Waals surface area contributed by atoms with Gasteiger partial charge in [-0.3, -0.25) is 14.4 Å². The Hall–Kier alpha value is -9.10. The van der Waals surface area contributed by atoms with E-state index in [0.29, 0.717) is 56.1 Å². The van der Waals surface area contributed by atoms with E-state index in [9.17, 15) is 30.2 Å². The summed E-state index contributed by atoms with van der Waals surface area (Å²) in [5.41, 5.74) is 7.78. The van der Waals surface area contributed by atoms with Crippen LogP contribution in [-0.4, -0.2) is 21.0 Å². The van der Waals surface area contributed by atoms with Gasteiger partial charge in [-0.15, -0.1) is 0 Å². The highest BCUT2D eigenvalue weighted by Crippen LogP contribution is 2.45. The Labute approximate surface area is 361 Å². The van der Waals surface area contributed by atoms with E-state index in [1.165, 1.54) is 12.1 Å². The van der Waals surface area contributed by atoms with Crippen molar-refractivity contribution < 1.29 is 4.79 Å². The van der Waals surface area contributed by atoms with E-state index in [1.807, 2.05) is 141 Å². The fraction of sp³-hybridized carbons (Fsp3) is 0.0370. The molecule has 1 aliphatic carbocycles. The van der Waals surface area contributed by atoms with Crippen LogP contribution in [0.5, 0.6) is 0 Å². The molecule has 1 atom stereocenters. The largest absolute Gasteiger partial charge is 0.340 e. The van der Waals surface area contributed by atoms with Crippen molar-refractivity contribution >= 4 is 33.3 Å². The summed E-state index contributed by atoms with van der Waals surface area (Å²) in [5, 5.41) is 34.4. The minimum absolute atomic E-state index is 0.0205. The van der Waals surface area contributed by atoms with Crippen LogP contribution >= 0.6 is 0 Å². The average molecular weight is 813 g/mol. The van der Waals surface area contributed by atoms with E-state index < -0.39 is 0 Å². The summed E-state index contributed by atoms with van der Waals surface area (Å²) in [6, 6.07) is 47.3. The number of carbonyl (C=O) groups is 1. The molecule has 0 amide bonds. The lowest BCUT2D eigenvalue weighted by molar-refractivity contribution is -0.111. The minimum atomic E-state index is -0.162. The molecule has 0 N–H and O–H groups in total. The molecule has 0 fully saturated rings. The second-order valence-corrected chi connectivity index (χ2v) is 15.2. The first-order valence-electron chi connectivity index (χ1n) is 20.2. The quantitative estimate of drug-likeness (QED) is 0.163. The van der Waals surface area contributed by atoms with Crippen molar-refractivity contribution in [1.82, 2.24) is 9.13 Å². The predicted octanol–water partition coefficient (Wildman–Crippen LogP) is 10.1. The Morgan fingerprint density at radius 1 is 0.508 bits per heavy atom. The van der Waals surface area contributed by atoms with Crippen LogP contribution in [0.1, 0.15) is 23.1 Å². The van der Waals surface area contributed by atoms with E-state index in [2.05, 4.69) is 18.2 Å². The highest BCUT2D eigenvalue weighted by Gasteiger charge is 2.30. The van der Waals surface area contributed by atoms with Crippen LogP contribution in [0.25, 0.3) is 66.6 Å². The zero-order chi connectivity index (χ0) is 43.2. The fourth-order valence-electron chi connectivity index (χ4n) is 8.93. The number of allylic oxidation sites excluding steroid dienone is 3. The van der Waals surface area contributed by atoms with E-state index in [0.717, 1.165) is 28.1 Å². The number of anilines is 1. The molecule has 9 nitrogen and oxygen atoms in total. The van der Waals surface area contributed by atoms with Gasteiger partial charge >= 0.3 is 0 Å². The lowest BCUT2D eigenvalue weighted by Crippen LogP contribution is -2.38. The summed E-state index contributed by atoms with van der Waals surface area (Å²) in [4.78, 5) is 40.1. The van der Waals surface area contributed by atoms with Crippen LogP contribution in [0.2, 0.25) is 0 Å². The number of hydrogen-bond donors (Lipinski definition) is 0. The number of hydrogen-bond acceptors (Lipinski definition) is 7. The number of pyridine rings is 2. The molecular weight excluding hydrogens is 781 g/mol. The molecule has 0 spiro atoms. The summed E-state index contributed by atoms with van der Waals surface area (Å²) >= 11 is 0. The summed E-state index contributed by atoms with van der Waals surface area (Å²) in [7, 11) is 0. The second kappa shape index (κ2) is 15.5. The van der Waals surface area contributed by atoms with Crippen molar-refractivity contribution in [2.24, 2.45) is 0 Å². The Morgan fingerprint density at radius 2 is 0.937 bits per heavy atom. The van der Waals surface area contributed by atoms with Crippen molar-refractivity contribution in [3.8, 4) is 63.0 Å². The van der Waals surface area contributed by atoms with Crippen molar-refractivity contribution in [3.05, 3.63) is 219 Å². The molecule has 2 aromatic heterocycles. The van der Waals surface area contributed by atoms with Gasteiger partial charge in [0.15, 0.2) is 16.6 Å². The first-order chi connectivity index (χ1) is 30.9. The fourth-order valence-corrected chi connectivity index (χ4v) is 8.93. The molecule has 0 saturated heterocycles. The molecule has 0 radical (unpaired) electrons. The Morgan fingerprint density at radius 3 is 1.38 bits per heavy atom. The summed E-state index contributed by atoms with van der Waals surface area (Å²) in [6.45, 7) is 0. The number of rotatable bonds is 6.